The van der Waals surface area contributed by atoms with E-state index in [4.69, 9.17) is 0 Å². The molecule has 23 heavy (non-hydrogen) atoms. The number of aryl methyl sites for hydroxylation is 3. The Kier molecular flexibility index (Phi) is 4.61. The highest BCUT2D eigenvalue weighted by molar-refractivity contribution is 8.00. The highest BCUT2D eigenvalue weighted by Crippen LogP contribution is 2.20. The third kappa shape index (κ3) is 3.69. The summed E-state index contributed by atoms with van der Waals surface area (Å²) in [6.45, 7) is 7.05. The lowest BCUT2D eigenvalue weighted by atomic mass is 10.4. The van der Waals surface area contributed by atoms with Crippen molar-refractivity contribution >= 4 is 17.7 Å². The normalized spacial score (nSPS) is 14.6. The fourth-order valence-electron chi connectivity index (χ4n) is 2.61. The summed E-state index contributed by atoms with van der Waals surface area (Å²) in [5, 5.41) is 11.6. The Balaban J connectivity index is 1.57. The second kappa shape index (κ2) is 6.66. The van der Waals surface area contributed by atoms with Crippen LogP contribution in [0.5, 0.6) is 0 Å². The van der Waals surface area contributed by atoms with E-state index in [2.05, 4.69) is 30.0 Å². The highest BCUT2D eigenvalue weighted by Gasteiger charge is 2.20. The standard InChI is InChI=1S/C15H20N6OS/c1-9-7-10(2)18-15(17-9)23-11(3)14(22)16-8-13-20-19-12-5-4-6-21(12)13/h7,11H,4-6,8H2,1-3H3,(H,16,22). The largest absolute Gasteiger partial charge is 0.348 e. The third-order valence-corrected chi connectivity index (χ3v) is 4.68. The summed E-state index contributed by atoms with van der Waals surface area (Å²) in [6, 6.07) is 1.92. The quantitative estimate of drug-likeness (QED) is 0.658. The fraction of sp³-hybridized carbons (Fsp3) is 0.533. The minimum atomic E-state index is -0.267. The SMILES string of the molecule is Cc1cc(C)nc(SC(C)C(=O)NCc2nnc3n2CCC3)n1. The van der Waals surface area contributed by atoms with Crippen molar-refractivity contribution in [3.63, 3.8) is 0 Å². The minimum absolute atomic E-state index is 0.0480. The molecule has 2 aromatic rings. The molecule has 1 unspecified atom stereocenters. The Hall–Kier alpha value is -1.96. The zero-order valence-electron chi connectivity index (χ0n) is 13.5. The maximum Gasteiger partial charge on any atom is 0.233 e. The molecule has 8 heteroatoms. The monoisotopic (exact) mass is 332 g/mol. The lowest BCUT2D eigenvalue weighted by molar-refractivity contribution is -0.120. The Morgan fingerprint density at radius 2 is 2.09 bits per heavy atom. The second-order valence-electron chi connectivity index (χ2n) is 5.70. The number of nitrogens with zero attached hydrogens (tertiary/aromatic N) is 5. The van der Waals surface area contributed by atoms with Gasteiger partial charge in [-0.05, 0) is 33.3 Å². The van der Waals surface area contributed by atoms with Crippen molar-refractivity contribution in [1.29, 1.82) is 0 Å². The van der Waals surface area contributed by atoms with Crippen LogP contribution in [0, 0.1) is 13.8 Å². The molecule has 0 fully saturated rings. The molecule has 0 radical (unpaired) electrons. The fourth-order valence-corrected chi connectivity index (χ4v) is 3.51. The molecule has 2 aromatic heterocycles. The van der Waals surface area contributed by atoms with Crippen LogP contribution in [0.15, 0.2) is 11.2 Å². The van der Waals surface area contributed by atoms with Crippen LogP contribution in [0.2, 0.25) is 0 Å². The number of rotatable bonds is 5. The first kappa shape index (κ1) is 15.9. The number of thioether (sulfide) groups is 1. The van der Waals surface area contributed by atoms with Crippen LogP contribution in [-0.4, -0.2) is 35.9 Å². The number of hydrogen-bond donors (Lipinski definition) is 1. The Labute approximate surface area is 139 Å². The lowest BCUT2D eigenvalue weighted by Crippen LogP contribution is -2.31. The van der Waals surface area contributed by atoms with Crippen LogP contribution in [0.25, 0.3) is 0 Å². The number of amides is 1. The number of fused-ring (bicyclic) bond motifs is 1. The van der Waals surface area contributed by atoms with Crippen molar-refractivity contribution in [2.24, 2.45) is 0 Å². The molecule has 7 nitrogen and oxygen atoms in total. The molecular formula is C15H20N6OS. The third-order valence-electron chi connectivity index (χ3n) is 3.72. The molecule has 0 aliphatic carbocycles. The van der Waals surface area contributed by atoms with Crippen LogP contribution >= 0.6 is 11.8 Å². The van der Waals surface area contributed by atoms with E-state index in [1.165, 1.54) is 11.8 Å². The minimum Gasteiger partial charge on any atom is -0.348 e. The Bertz CT molecular complexity index is 709. The van der Waals surface area contributed by atoms with Gasteiger partial charge < -0.3 is 9.88 Å². The van der Waals surface area contributed by atoms with E-state index >= 15 is 0 Å². The van der Waals surface area contributed by atoms with E-state index in [0.29, 0.717) is 11.7 Å². The van der Waals surface area contributed by atoms with Gasteiger partial charge in [0, 0.05) is 24.4 Å². The van der Waals surface area contributed by atoms with Gasteiger partial charge in [-0.3, -0.25) is 4.79 Å². The summed E-state index contributed by atoms with van der Waals surface area (Å²) in [5.74, 6) is 1.79. The predicted molar refractivity (Wildman–Crippen MR) is 87.0 cm³/mol. The van der Waals surface area contributed by atoms with Gasteiger partial charge in [0.15, 0.2) is 11.0 Å². The molecule has 0 saturated carbocycles. The molecular weight excluding hydrogens is 312 g/mol. The average molecular weight is 332 g/mol. The zero-order valence-corrected chi connectivity index (χ0v) is 14.4. The van der Waals surface area contributed by atoms with Crippen molar-refractivity contribution < 1.29 is 4.79 Å². The summed E-state index contributed by atoms with van der Waals surface area (Å²) in [4.78, 5) is 21.0. The van der Waals surface area contributed by atoms with E-state index < -0.39 is 0 Å². The van der Waals surface area contributed by atoms with E-state index in [1.54, 1.807) is 0 Å². The van der Waals surface area contributed by atoms with Gasteiger partial charge in [0.05, 0.1) is 11.8 Å². The Morgan fingerprint density at radius 1 is 1.35 bits per heavy atom. The maximum atomic E-state index is 12.3. The van der Waals surface area contributed by atoms with E-state index in [1.807, 2.05) is 26.8 Å². The first-order chi connectivity index (χ1) is 11.0. The van der Waals surface area contributed by atoms with E-state index in [9.17, 15) is 4.79 Å². The number of hydrogen-bond acceptors (Lipinski definition) is 6. The van der Waals surface area contributed by atoms with Gasteiger partial charge in [-0.15, -0.1) is 10.2 Å². The summed E-state index contributed by atoms with van der Waals surface area (Å²) < 4.78 is 2.09. The molecule has 0 spiro atoms. The first-order valence-corrected chi connectivity index (χ1v) is 8.58. The van der Waals surface area contributed by atoms with Gasteiger partial charge in [-0.25, -0.2) is 9.97 Å². The Morgan fingerprint density at radius 3 is 2.83 bits per heavy atom. The molecule has 1 N–H and O–H groups in total. The number of nitrogens with one attached hydrogen (secondary N) is 1. The van der Waals surface area contributed by atoms with E-state index in [-0.39, 0.29) is 11.2 Å². The van der Waals surface area contributed by atoms with Crippen molar-refractivity contribution in [2.75, 3.05) is 0 Å². The number of carbonyl (C=O) groups is 1. The summed E-state index contributed by atoms with van der Waals surface area (Å²) in [7, 11) is 0. The van der Waals surface area contributed by atoms with Gasteiger partial charge in [0.25, 0.3) is 0 Å². The lowest BCUT2D eigenvalue weighted by Gasteiger charge is -2.11. The topological polar surface area (TPSA) is 85.6 Å². The van der Waals surface area contributed by atoms with Crippen LogP contribution in [0.4, 0.5) is 0 Å². The molecule has 122 valence electrons. The van der Waals surface area contributed by atoms with Gasteiger partial charge in [0.2, 0.25) is 5.91 Å². The van der Waals surface area contributed by atoms with Gasteiger partial charge >= 0.3 is 0 Å². The number of carbonyl (C=O) groups excluding carboxylic acids is 1. The number of aromatic nitrogens is 5. The predicted octanol–water partition coefficient (Wildman–Crippen LogP) is 1.43. The van der Waals surface area contributed by atoms with Crippen molar-refractivity contribution in [2.45, 2.75) is 57.1 Å². The zero-order chi connectivity index (χ0) is 16.4. The van der Waals surface area contributed by atoms with Crippen LogP contribution in [0.3, 0.4) is 0 Å². The first-order valence-electron chi connectivity index (χ1n) is 7.70. The van der Waals surface area contributed by atoms with Crippen molar-refractivity contribution in [1.82, 2.24) is 30.0 Å². The molecule has 1 amide bonds. The van der Waals surface area contributed by atoms with Crippen LogP contribution < -0.4 is 5.32 Å². The van der Waals surface area contributed by atoms with Crippen molar-refractivity contribution in [3.8, 4) is 0 Å². The van der Waals surface area contributed by atoms with Gasteiger partial charge in [-0.1, -0.05) is 11.8 Å². The molecule has 1 aliphatic rings. The molecule has 3 rings (SSSR count). The van der Waals surface area contributed by atoms with E-state index in [0.717, 1.165) is 42.4 Å². The molecule has 0 bridgehead atoms. The maximum absolute atomic E-state index is 12.3. The molecule has 1 atom stereocenters. The average Bonchev–Trinajstić information content (AvgIpc) is 3.07. The molecule has 3 heterocycles. The second-order valence-corrected chi connectivity index (χ2v) is 7.01. The highest BCUT2D eigenvalue weighted by atomic mass is 32.2. The van der Waals surface area contributed by atoms with Crippen LogP contribution in [0.1, 0.15) is 36.4 Å². The summed E-state index contributed by atoms with van der Waals surface area (Å²) in [6.07, 6.45) is 2.07. The summed E-state index contributed by atoms with van der Waals surface area (Å²) in [5.41, 5.74) is 1.82. The van der Waals surface area contributed by atoms with Crippen LogP contribution in [-0.2, 0) is 24.3 Å². The smallest absolute Gasteiger partial charge is 0.233 e. The molecule has 1 aliphatic heterocycles. The summed E-state index contributed by atoms with van der Waals surface area (Å²) >= 11 is 1.37. The van der Waals surface area contributed by atoms with Crippen molar-refractivity contribution in [3.05, 3.63) is 29.1 Å². The van der Waals surface area contributed by atoms with Gasteiger partial charge in [0.1, 0.15) is 5.82 Å². The molecule has 0 aromatic carbocycles. The molecule has 0 saturated heterocycles. The van der Waals surface area contributed by atoms with Gasteiger partial charge in [-0.2, -0.15) is 0 Å².